The van der Waals surface area contributed by atoms with Gasteiger partial charge in [-0.05, 0) is 44.9 Å². The molecule has 4 rings (SSSR count). The molecule has 0 saturated carbocycles. The molecule has 3 aromatic heterocycles. The van der Waals surface area contributed by atoms with Crippen LogP contribution in [0.25, 0.3) is 11.0 Å². The molecule has 24 heavy (non-hydrogen) atoms. The van der Waals surface area contributed by atoms with Crippen molar-refractivity contribution in [1.29, 1.82) is 0 Å². The second kappa shape index (κ2) is 5.87. The molecule has 0 saturated heterocycles. The summed E-state index contributed by atoms with van der Waals surface area (Å²) < 4.78 is 2.05. The van der Waals surface area contributed by atoms with Crippen molar-refractivity contribution < 1.29 is 4.79 Å². The Morgan fingerprint density at radius 3 is 3.12 bits per heavy atom. The second-order valence-corrected chi connectivity index (χ2v) is 7.19. The largest absolute Gasteiger partial charge is 0.307 e. The van der Waals surface area contributed by atoms with Gasteiger partial charge in [0.1, 0.15) is 0 Å². The monoisotopic (exact) mass is 338 g/mol. The molecule has 0 atom stereocenters. The molecule has 0 aromatic carbocycles. The first kappa shape index (κ1) is 15.1. The van der Waals surface area contributed by atoms with Crippen LogP contribution in [0.5, 0.6) is 0 Å². The molecule has 1 aliphatic heterocycles. The van der Waals surface area contributed by atoms with Crippen LogP contribution < -0.4 is 4.90 Å². The molecule has 4 heterocycles. The lowest BCUT2D eigenvalue weighted by Gasteiger charge is -2.27. The number of aryl methyl sites for hydroxylation is 3. The molecule has 5 nitrogen and oxygen atoms in total. The van der Waals surface area contributed by atoms with Gasteiger partial charge in [0.05, 0.1) is 22.8 Å². The highest BCUT2D eigenvalue weighted by atomic mass is 32.1. The standard InChI is InChI=1S/C18H18N4OS/c1-12-11-22-15(13(2)20-18(22)24-12)7-8-17(23)21-10-4-5-14-16(21)6-3-9-19-14/h3,6-9,11H,4-5,10H2,1-2H3. The Kier molecular flexibility index (Phi) is 3.69. The van der Waals surface area contributed by atoms with Crippen LogP contribution in [0.2, 0.25) is 0 Å². The van der Waals surface area contributed by atoms with Gasteiger partial charge in [0.2, 0.25) is 0 Å². The fourth-order valence-corrected chi connectivity index (χ4v) is 4.02. The molecule has 1 aliphatic rings. The molecule has 0 aliphatic carbocycles. The van der Waals surface area contributed by atoms with Gasteiger partial charge in [-0.1, -0.05) is 0 Å². The number of pyridine rings is 1. The number of nitrogens with zero attached hydrogens (tertiary/aromatic N) is 4. The third kappa shape index (κ3) is 2.53. The van der Waals surface area contributed by atoms with E-state index in [4.69, 9.17) is 0 Å². The lowest BCUT2D eigenvalue weighted by atomic mass is 10.1. The van der Waals surface area contributed by atoms with Crippen LogP contribution >= 0.6 is 11.3 Å². The molecule has 0 N–H and O–H groups in total. The van der Waals surface area contributed by atoms with E-state index in [0.29, 0.717) is 0 Å². The predicted molar refractivity (Wildman–Crippen MR) is 96.5 cm³/mol. The fourth-order valence-electron chi connectivity index (χ4n) is 3.14. The number of fused-ring (bicyclic) bond motifs is 2. The Morgan fingerprint density at radius 2 is 2.25 bits per heavy atom. The molecular formula is C18H18N4OS. The fraction of sp³-hybridized carbons (Fsp3) is 0.278. The van der Waals surface area contributed by atoms with E-state index in [9.17, 15) is 4.79 Å². The molecule has 1 amide bonds. The number of amides is 1. The van der Waals surface area contributed by atoms with Gasteiger partial charge in [-0.25, -0.2) is 4.98 Å². The highest BCUT2D eigenvalue weighted by Crippen LogP contribution is 2.26. The number of imidazole rings is 1. The van der Waals surface area contributed by atoms with Gasteiger partial charge in [-0.3, -0.25) is 14.2 Å². The number of rotatable bonds is 2. The minimum absolute atomic E-state index is 0.00903. The number of hydrogen-bond donors (Lipinski definition) is 0. The van der Waals surface area contributed by atoms with Crippen LogP contribution in [0.15, 0.2) is 30.6 Å². The predicted octanol–water partition coefficient (Wildman–Crippen LogP) is 3.40. The minimum atomic E-state index is -0.00903. The molecule has 0 fully saturated rings. The molecule has 0 unspecified atom stereocenters. The first-order valence-electron chi connectivity index (χ1n) is 8.02. The average molecular weight is 338 g/mol. The van der Waals surface area contributed by atoms with Gasteiger partial charge in [-0.2, -0.15) is 0 Å². The Balaban J connectivity index is 1.64. The molecular weight excluding hydrogens is 320 g/mol. The Bertz CT molecular complexity index is 953. The highest BCUT2D eigenvalue weighted by molar-refractivity contribution is 7.17. The number of thiazole rings is 1. The molecule has 0 bridgehead atoms. The zero-order valence-electron chi connectivity index (χ0n) is 13.7. The summed E-state index contributed by atoms with van der Waals surface area (Å²) in [4.78, 5) is 25.6. The maximum atomic E-state index is 12.7. The van der Waals surface area contributed by atoms with Gasteiger partial charge < -0.3 is 4.90 Å². The van der Waals surface area contributed by atoms with E-state index in [0.717, 1.165) is 47.1 Å². The Hall–Kier alpha value is -2.47. The zero-order valence-corrected chi connectivity index (χ0v) is 14.5. The summed E-state index contributed by atoms with van der Waals surface area (Å²) in [6.45, 7) is 4.77. The molecule has 0 radical (unpaired) electrons. The number of anilines is 1. The normalized spacial score (nSPS) is 14.5. The van der Waals surface area contributed by atoms with E-state index in [1.807, 2.05) is 34.4 Å². The van der Waals surface area contributed by atoms with E-state index in [1.54, 1.807) is 23.6 Å². The first-order valence-corrected chi connectivity index (χ1v) is 8.83. The number of carbonyl (C=O) groups is 1. The number of hydrogen-bond acceptors (Lipinski definition) is 4. The van der Waals surface area contributed by atoms with Crippen LogP contribution in [0.1, 0.15) is 28.4 Å². The zero-order chi connectivity index (χ0) is 16.7. The van der Waals surface area contributed by atoms with Crippen LogP contribution in [-0.4, -0.2) is 26.8 Å². The maximum Gasteiger partial charge on any atom is 0.251 e. The highest BCUT2D eigenvalue weighted by Gasteiger charge is 2.21. The van der Waals surface area contributed by atoms with Crippen LogP contribution in [0.3, 0.4) is 0 Å². The van der Waals surface area contributed by atoms with Crippen molar-refractivity contribution in [1.82, 2.24) is 14.4 Å². The molecule has 0 spiro atoms. The van der Waals surface area contributed by atoms with Crippen molar-refractivity contribution in [3.8, 4) is 0 Å². The molecule has 3 aromatic rings. The van der Waals surface area contributed by atoms with E-state index >= 15 is 0 Å². The third-order valence-corrected chi connectivity index (χ3v) is 5.16. The van der Waals surface area contributed by atoms with Crippen LogP contribution in [-0.2, 0) is 11.2 Å². The molecule has 122 valence electrons. The maximum absolute atomic E-state index is 12.7. The van der Waals surface area contributed by atoms with Gasteiger partial charge >= 0.3 is 0 Å². The van der Waals surface area contributed by atoms with Crippen LogP contribution in [0, 0.1) is 13.8 Å². The summed E-state index contributed by atoms with van der Waals surface area (Å²) in [6.07, 6.45) is 9.24. The molecule has 6 heteroatoms. The SMILES string of the molecule is Cc1cn2c(C=CC(=O)N3CCCc4ncccc43)c(C)nc2s1. The van der Waals surface area contributed by atoms with E-state index in [2.05, 4.69) is 23.1 Å². The summed E-state index contributed by atoms with van der Waals surface area (Å²) >= 11 is 1.65. The van der Waals surface area contributed by atoms with Crippen molar-refractivity contribution in [2.24, 2.45) is 0 Å². The van der Waals surface area contributed by atoms with Gasteiger partial charge in [0, 0.05) is 29.9 Å². The quantitative estimate of drug-likeness (QED) is 0.673. The summed E-state index contributed by atoms with van der Waals surface area (Å²) in [5.41, 5.74) is 3.83. The second-order valence-electron chi connectivity index (χ2n) is 5.97. The lowest BCUT2D eigenvalue weighted by Crippen LogP contribution is -2.34. The Labute approximate surface area is 144 Å². The van der Waals surface area contributed by atoms with Crippen molar-refractivity contribution in [3.63, 3.8) is 0 Å². The number of carbonyl (C=O) groups excluding carboxylic acids is 1. The van der Waals surface area contributed by atoms with Crippen LogP contribution in [0.4, 0.5) is 5.69 Å². The van der Waals surface area contributed by atoms with Crippen molar-refractivity contribution >= 4 is 34.0 Å². The van der Waals surface area contributed by atoms with Crippen molar-refractivity contribution in [2.45, 2.75) is 26.7 Å². The average Bonchev–Trinajstić information content (AvgIpc) is 3.07. The lowest BCUT2D eigenvalue weighted by molar-refractivity contribution is -0.114. The summed E-state index contributed by atoms with van der Waals surface area (Å²) in [6, 6.07) is 3.85. The van der Waals surface area contributed by atoms with E-state index < -0.39 is 0 Å². The van der Waals surface area contributed by atoms with Gasteiger partial charge in [-0.15, -0.1) is 11.3 Å². The van der Waals surface area contributed by atoms with Gasteiger partial charge in [0.25, 0.3) is 5.91 Å². The van der Waals surface area contributed by atoms with Gasteiger partial charge in [0.15, 0.2) is 4.96 Å². The van der Waals surface area contributed by atoms with E-state index in [1.165, 1.54) is 4.88 Å². The van der Waals surface area contributed by atoms with E-state index in [-0.39, 0.29) is 5.91 Å². The van der Waals surface area contributed by atoms with Crippen molar-refractivity contribution in [3.05, 3.63) is 52.6 Å². The topological polar surface area (TPSA) is 50.5 Å². The third-order valence-electron chi connectivity index (χ3n) is 4.26. The number of aromatic nitrogens is 3. The summed E-state index contributed by atoms with van der Waals surface area (Å²) in [7, 11) is 0. The summed E-state index contributed by atoms with van der Waals surface area (Å²) in [5, 5.41) is 0. The minimum Gasteiger partial charge on any atom is -0.307 e. The first-order chi connectivity index (χ1) is 11.6. The smallest absolute Gasteiger partial charge is 0.251 e. The summed E-state index contributed by atoms with van der Waals surface area (Å²) in [5.74, 6) is -0.00903. The van der Waals surface area contributed by atoms with Crippen molar-refractivity contribution in [2.75, 3.05) is 11.4 Å². The Morgan fingerprint density at radius 1 is 1.38 bits per heavy atom.